The minimum absolute atomic E-state index is 0.0160. The highest BCUT2D eigenvalue weighted by molar-refractivity contribution is 5.13. The molecule has 0 aliphatic carbocycles. The highest BCUT2D eigenvalue weighted by Gasteiger charge is 2.40. The smallest absolute Gasteiger partial charge is 0.150 e. The molecule has 4 heteroatoms. The molecule has 4 atom stereocenters. The maximum atomic E-state index is 10.3. The second kappa shape index (κ2) is 7.95. The van der Waals surface area contributed by atoms with E-state index in [1.54, 1.807) is 0 Å². The van der Waals surface area contributed by atoms with E-state index in [0.29, 0.717) is 19.6 Å². The Kier molecular flexibility index (Phi) is 5.70. The standard InChI is InChI=1S/C19H26O4/c1-14-9-10-18-19(22-14)17(20)12-16(23-18)8-5-11-21-13-15-6-3-2-4-7-15/h2-4,6-7,9,16-20H,5,8,10-13H2,1H3/t16-,17+,18-,19+/m1/s1. The summed E-state index contributed by atoms with van der Waals surface area (Å²) in [6, 6.07) is 10.2. The van der Waals surface area contributed by atoms with Gasteiger partial charge in [-0.25, -0.2) is 0 Å². The molecular formula is C19H26O4. The van der Waals surface area contributed by atoms with E-state index in [9.17, 15) is 5.11 Å². The third-order valence-electron chi connectivity index (χ3n) is 4.50. The molecule has 1 saturated heterocycles. The summed E-state index contributed by atoms with van der Waals surface area (Å²) in [4.78, 5) is 0. The molecule has 126 valence electrons. The number of aliphatic hydroxyl groups is 1. The third kappa shape index (κ3) is 4.56. The van der Waals surface area contributed by atoms with E-state index in [1.807, 2.05) is 31.2 Å². The predicted octanol–water partition coefficient (Wildman–Crippen LogP) is 3.19. The molecule has 0 spiro atoms. The van der Waals surface area contributed by atoms with E-state index in [4.69, 9.17) is 14.2 Å². The van der Waals surface area contributed by atoms with Crippen LogP contribution in [0, 0.1) is 0 Å². The van der Waals surface area contributed by atoms with Crippen molar-refractivity contribution < 1.29 is 19.3 Å². The Balaban J connectivity index is 1.36. The summed E-state index contributed by atoms with van der Waals surface area (Å²) >= 11 is 0. The van der Waals surface area contributed by atoms with Crippen LogP contribution in [0.1, 0.15) is 38.2 Å². The maximum Gasteiger partial charge on any atom is 0.150 e. The molecule has 23 heavy (non-hydrogen) atoms. The summed E-state index contributed by atoms with van der Waals surface area (Å²) < 4.78 is 17.5. The van der Waals surface area contributed by atoms with Crippen molar-refractivity contribution in [3.05, 3.63) is 47.7 Å². The summed E-state index contributed by atoms with van der Waals surface area (Å²) in [6.45, 7) is 3.30. The first-order valence-corrected chi connectivity index (χ1v) is 8.51. The van der Waals surface area contributed by atoms with Crippen LogP contribution in [0.2, 0.25) is 0 Å². The molecule has 1 aromatic carbocycles. The first-order valence-electron chi connectivity index (χ1n) is 8.51. The van der Waals surface area contributed by atoms with Crippen molar-refractivity contribution in [2.75, 3.05) is 6.61 Å². The van der Waals surface area contributed by atoms with Crippen molar-refractivity contribution >= 4 is 0 Å². The van der Waals surface area contributed by atoms with Gasteiger partial charge in [0.25, 0.3) is 0 Å². The molecule has 3 rings (SSSR count). The Hall–Kier alpha value is -1.36. The van der Waals surface area contributed by atoms with Crippen LogP contribution in [0.5, 0.6) is 0 Å². The first-order chi connectivity index (χ1) is 11.2. The maximum absolute atomic E-state index is 10.3. The van der Waals surface area contributed by atoms with Gasteiger partial charge in [0, 0.05) is 13.0 Å². The van der Waals surface area contributed by atoms with E-state index in [0.717, 1.165) is 25.0 Å². The van der Waals surface area contributed by atoms with Crippen LogP contribution in [0.15, 0.2) is 42.2 Å². The highest BCUT2D eigenvalue weighted by atomic mass is 16.6. The van der Waals surface area contributed by atoms with Crippen LogP contribution in [0.25, 0.3) is 0 Å². The summed E-state index contributed by atoms with van der Waals surface area (Å²) in [5, 5.41) is 10.3. The van der Waals surface area contributed by atoms with E-state index < -0.39 is 6.10 Å². The van der Waals surface area contributed by atoms with Crippen LogP contribution < -0.4 is 0 Å². The molecule has 2 aliphatic heterocycles. The average molecular weight is 318 g/mol. The zero-order valence-corrected chi connectivity index (χ0v) is 13.7. The fourth-order valence-corrected chi connectivity index (χ4v) is 3.28. The van der Waals surface area contributed by atoms with E-state index in [-0.39, 0.29) is 18.3 Å². The molecule has 2 aliphatic rings. The van der Waals surface area contributed by atoms with Gasteiger partial charge in [-0.1, -0.05) is 30.3 Å². The molecule has 1 aromatic rings. The summed E-state index contributed by atoms with van der Waals surface area (Å²) in [5.41, 5.74) is 1.20. The molecule has 0 radical (unpaired) electrons. The van der Waals surface area contributed by atoms with Gasteiger partial charge in [-0.15, -0.1) is 0 Å². The fraction of sp³-hybridized carbons (Fsp3) is 0.579. The normalized spacial score (nSPS) is 30.3. The highest BCUT2D eigenvalue weighted by Crippen LogP contribution is 2.31. The molecule has 0 aromatic heterocycles. The molecule has 0 saturated carbocycles. The lowest BCUT2D eigenvalue weighted by molar-refractivity contribution is -0.182. The van der Waals surface area contributed by atoms with Crippen molar-refractivity contribution in [1.82, 2.24) is 0 Å². The number of aliphatic hydroxyl groups excluding tert-OH is 1. The van der Waals surface area contributed by atoms with Crippen LogP contribution in [-0.2, 0) is 20.8 Å². The van der Waals surface area contributed by atoms with Gasteiger partial charge in [0.1, 0.15) is 6.10 Å². The van der Waals surface area contributed by atoms with Gasteiger partial charge in [0.2, 0.25) is 0 Å². The van der Waals surface area contributed by atoms with Gasteiger partial charge >= 0.3 is 0 Å². The summed E-state index contributed by atoms with van der Waals surface area (Å²) in [5.74, 6) is 0.890. The van der Waals surface area contributed by atoms with E-state index >= 15 is 0 Å². The zero-order chi connectivity index (χ0) is 16.1. The molecule has 1 N–H and O–H groups in total. The minimum Gasteiger partial charge on any atom is -0.490 e. The number of rotatable bonds is 6. The van der Waals surface area contributed by atoms with Crippen molar-refractivity contribution in [1.29, 1.82) is 0 Å². The van der Waals surface area contributed by atoms with Crippen LogP contribution in [-0.4, -0.2) is 36.1 Å². The monoisotopic (exact) mass is 318 g/mol. The molecule has 2 heterocycles. The number of fused-ring (bicyclic) bond motifs is 1. The zero-order valence-electron chi connectivity index (χ0n) is 13.7. The lowest BCUT2D eigenvalue weighted by Gasteiger charge is -2.41. The van der Waals surface area contributed by atoms with Gasteiger partial charge in [-0.2, -0.15) is 0 Å². The topological polar surface area (TPSA) is 47.9 Å². The van der Waals surface area contributed by atoms with Gasteiger partial charge in [-0.3, -0.25) is 0 Å². The van der Waals surface area contributed by atoms with Gasteiger partial charge in [0.15, 0.2) is 6.10 Å². The van der Waals surface area contributed by atoms with Crippen molar-refractivity contribution in [2.45, 2.75) is 63.6 Å². The second-order valence-electron chi connectivity index (χ2n) is 6.41. The molecule has 0 amide bonds. The van der Waals surface area contributed by atoms with Crippen LogP contribution in [0.4, 0.5) is 0 Å². The number of hydrogen-bond acceptors (Lipinski definition) is 4. The average Bonchev–Trinajstić information content (AvgIpc) is 2.56. The predicted molar refractivity (Wildman–Crippen MR) is 87.9 cm³/mol. The molecule has 4 nitrogen and oxygen atoms in total. The SMILES string of the molecule is CC1=CC[C@H]2O[C@H](CCCOCc3ccccc3)C[C@H](O)[C@@H]2O1. The van der Waals surface area contributed by atoms with Gasteiger partial charge < -0.3 is 19.3 Å². The lowest BCUT2D eigenvalue weighted by Crippen LogP contribution is -2.50. The first kappa shape index (κ1) is 16.5. The van der Waals surface area contributed by atoms with E-state index in [2.05, 4.69) is 12.1 Å². The molecule has 0 bridgehead atoms. The van der Waals surface area contributed by atoms with E-state index in [1.165, 1.54) is 5.56 Å². The van der Waals surface area contributed by atoms with Crippen molar-refractivity contribution in [3.63, 3.8) is 0 Å². The Morgan fingerprint density at radius 3 is 2.91 bits per heavy atom. The lowest BCUT2D eigenvalue weighted by atomic mass is 9.92. The quantitative estimate of drug-likeness (QED) is 0.818. The molecule has 0 unspecified atom stereocenters. The van der Waals surface area contributed by atoms with Gasteiger partial charge in [0.05, 0.1) is 24.6 Å². The summed E-state index contributed by atoms with van der Waals surface area (Å²) in [7, 11) is 0. The third-order valence-corrected chi connectivity index (χ3v) is 4.50. The number of hydrogen-bond donors (Lipinski definition) is 1. The number of benzene rings is 1. The van der Waals surface area contributed by atoms with Gasteiger partial charge in [-0.05, 0) is 37.8 Å². The Morgan fingerprint density at radius 2 is 2.09 bits per heavy atom. The Morgan fingerprint density at radius 1 is 1.26 bits per heavy atom. The number of allylic oxidation sites excluding steroid dienone is 1. The summed E-state index contributed by atoms with van der Waals surface area (Å²) in [6.07, 6.45) is 4.81. The Labute approximate surface area is 138 Å². The minimum atomic E-state index is -0.437. The fourth-order valence-electron chi connectivity index (χ4n) is 3.28. The Bertz CT molecular complexity index is 513. The second-order valence-corrected chi connectivity index (χ2v) is 6.41. The van der Waals surface area contributed by atoms with Crippen LogP contribution in [0.3, 0.4) is 0 Å². The number of ether oxygens (including phenoxy) is 3. The van der Waals surface area contributed by atoms with Crippen molar-refractivity contribution in [2.24, 2.45) is 0 Å². The van der Waals surface area contributed by atoms with Crippen molar-refractivity contribution in [3.8, 4) is 0 Å². The molecule has 1 fully saturated rings. The largest absolute Gasteiger partial charge is 0.490 e. The van der Waals surface area contributed by atoms with Crippen LogP contribution >= 0.6 is 0 Å². The molecular weight excluding hydrogens is 292 g/mol.